The van der Waals surface area contributed by atoms with Crippen LogP contribution in [0.15, 0.2) is 0 Å². The first-order valence-electron chi connectivity index (χ1n) is 3.51. The molecule has 8 heteroatoms. The molecule has 0 saturated carbocycles. The van der Waals surface area contributed by atoms with Gasteiger partial charge in [0.25, 0.3) is 0 Å². The molecule has 0 spiro atoms. The summed E-state index contributed by atoms with van der Waals surface area (Å²) in [6.07, 6.45) is 0. The fraction of sp³-hybridized carbons (Fsp3) is 1.00. The zero-order valence-corrected chi connectivity index (χ0v) is 14.3. The van der Waals surface area contributed by atoms with E-state index in [4.69, 9.17) is 4.74 Å². The molecular formula is C6H13Na2O5P. The minimum absolute atomic E-state index is 0. The van der Waals surface area contributed by atoms with Crippen LogP contribution in [0.5, 0.6) is 0 Å². The number of ether oxygens (including phenoxy) is 1. The predicted octanol–water partition coefficient (Wildman–Crippen LogP) is -6.35. The van der Waals surface area contributed by atoms with Crippen LogP contribution in [0.4, 0.5) is 0 Å². The van der Waals surface area contributed by atoms with Gasteiger partial charge in [-0.25, -0.2) is 0 Å². The van der Waals surface area contributed by atoms with E-state index in [0.29, 0.717) is 0 Å². The second-order valence-corrected chi connectivity index (χ2v) is 4.39. The van der Waals surface area contributed by atoms with E-state index >= 15 is 0 Å². The Morgan fingerprint density at radius 1 is 1.14 bits per heavy atom. The van der Waals surface area contributed by atoms with Crippen molar-refractivity contribution in [3.05, 3.63) is 0 Å². The van der Waals surface area contributed by atoms with Gasteiger partial charge < -0.3 is 23.6 Å². The Kier molecular flexibility index (Phi) is 13.9. The minimum atomic E-state index is -4.83. The van der Waals surface area contributed by atoms with Gasteiger partial charge in [-0.1, -0.05) is 0 Å². The van der Waals surface area contributed by atoms with Gasteiger partial charge in [0, 0.05) is 0 Å². The fourth-order valence-electron chi connectivity index (χ4n) is 0.497. The molecule has 0 amide bonds. The van der Waals surface area contributed by atoms with Crippen LogP contribution >= 0.6 is 7.82 Å². The Hall–Kier alpha value is 2.07. The van der Waals surface area contributed by atoms with Crippen molar-refractivity contribution in [1.82, 2.24) is 0 Å². The van der Waals surface area contributed by atoms with E-state index in [1.54, 1.807) is 0 Å². The molecule has 0 N–H and O–H groups in total. The van der Waals surface area contributed by atoms with Crippen LogP contribution in [-0.4, -0.2) is 18.8 Å². The van der Waals surface area contributed by atoms with Crippen LogP contribution in [0, 0.1) is 0 Å². The Morgan fingerprint density at radius 2 is 1.57 bits per heavy atom. The second kappa shape index (κ2) is 9.14. The summed E-state index contributed by atoms with van der Waals surface area (Å²) < 4.78 is 19.0. The standard InChI is InChI=1S/C6H15O5P.2Na/c1-6(2,3)10-4-5-11-12(7,8)9;;/h4-5H2,1-3H3,(H2,7,8,9);;/q;2*+1/p-2. The van der Waals surface area contributed by atoms with Gasteiger partial charge in [-0.2, -0.15) is 0 Å². The molecule has 0 aromatic carbocycles. The minimum Gasteiger partial charge on any atom is -0.790 e. The smallest absolute Gasteiger partial charge is 0.790 e. The Morgan fingerprint density at radius 3 is 1.86 bits per heavy atom. The average molecular weight is 242 g/mol. The zero-order valence-electron chi connectivity index (χ0n) is 9.40. The first-order chi connectivity index (χ1) is 5.21. The molecule has 0 aliphatic rings. The van der Waals surface area contributed by atoms with E-state index in [1.807, 2.05) is 20.8 Å². The van der Waals surface area contributed by atoms with Crippen molar-refractivity contribution in [2.75, 3.05) is 13.2 Å². The molecule has 14 heavy (non-hydrogen) atoms. The third-order valence-corrected chi connectivity index (χ3v) is 1.37. The van der Waals surface area contributed by atoms with Crippen LogP contribution in [0.1, 0.15) is 20.8 Å². The molecular weight excluding hydrogens is 229 g/mol. The van der Waals surface area contributed by atoms with Crippen molar-refractivity contribution in [2.45, 2.75) is 26.4 Å². The van der Waals surface area contributed by atoms with Crippen molar-refractivity contribution in [3.63, 3.8) is 0 Å². The van der Waals surface area contributed by atoms with Crippen molar-refractivity contribution >= 4 is 7.82 Å². The summed E-state index contributed by atoms with van der Waals surface area (Å²) in [5.74, 6) is 0. The average Bonchev–Trinajstić information content (AvgIpc) is 1.76. The molecule has 0 aromatic heterocycles. The first kappa shape index (κ1) is 21.4. The van der Waals surface area contributed by atoms with Gasteiger partial charge in [0.2, 0.25) is 0 Å². The molecule has 0 radical (unpaired) electrons. The van der Waals surface area contributed by atoms with Crippen molar-refractivity contribution in [1.29, 1.82) is 0 Å². The van der Waals surface area contributed by atoms with Crippen molar-refractivity contribution in [3.8, 4) is 0 Å². The summed E-state index contributed by atoms with van der Waals surface area (Å²) >= 11 is 0. The second-order valence-electron chi connectivity index (χ2n) is 3.24. The molecule has 0 rings (SSSR count). The summed E-state index contributed by atoms with van der Waals surface area (Å²) in [6.45, 7) is 5.34. The SMILES string of the molecule is CC(C)(C)OCCOP(=O)([O-])[O-].[Na+].[Na+]. The van der Waals surface area contributed by atoms with E-state index in [1.165, 1.54) is 0 Å². The molecule has 0 fully saturated rings. The van der Waals surface area contributed by atoms with Gasteiger partial charge in [-0.15, -0.1) is 0 Å². The third kappa shape index (κ3) is 19.6. The molecule has 0 atom stereocenters. The molecule has 0 aliphatic carbocycles. The van der Waals surface area contributed by atoms with E-state index in [-0.39, 0.29) is 77.9 Å². The van der Waals surface area contributed by atoms with Gasteiger partial charge in [-0.05, 0) is 20.8 Å². The third-order valence-electron chi connectivity index (χ3n) is 0.868. The Bertz CT molecular complexity index is 176. The number of phosphoric acid groups is 1. The van der Waals surface area contributed by atoms with Crippen LogP contribution in [0.25, 0.3) is 0 Å². The fourth-order valence-corrected chi connectivity index (χ4v) is 0.795. The Labute approximate surface area is 129 Å². The quantitative estimate of drug-likeness (QED) is 0.278. The van der Waals surface area contributed by atoms with Gasteiger partial charge in [-0.3, -0.25) is 0 Å². The Balaban J connectivity index is -0.000000605. The number of hydrogen-bond acceptors (Lipinski definition) is 5. The van der Waals surface area contributed by atoms with E-state index < -0.39 is 7.82 Å². The summed E-state index contributed by atoms with van der Waals surface area (Å²) in [6, 6.07) is 0. The summed E-state index contributed by atoms with van der Waals surface area (Å²) in [7, 11) is -4.83. The number of phosphoric ester groups is 1. The maximum atomic E-state index is 9.95. The van der Waals surface area contributed by atoms with E-state index in [9.17, 15) is 14.4 Å². The molecule has 5 nitrogen and oxygen atoms in total. The molecule has 0 bridgehead atoms. The molecule has 0 unspecified atom stereocenters. The van der Waals surface area contributed by atoms with Crippen molar-refractivity contribution < 1.29 is 82.7 Å². The van der Waals surface area contributed by atoms with Gasteiger partial charge >= 0.3 is 59.1 Å². The maximum absolute atomic E-state index is 9.95. The zero-order chi connectivity index (χ0) is 9.83. The maximum Gasteiger partial charge on any atom is 1.00 e. The van der Waals surface area contributed by atoms with Crippen LogP contribution in [0.3, 0.4) is 0 Å². The normalized spacial score (nSPS) is 11.5. The van der Waals surface area contributed by atoms with Gasteiger partial charge in [0.1, 0.15) is 0 Å². The number of rotatable bonds is 4. The molecule has 0 aliphatic heterocycles. The monoisotopic (exact) mass is 242 g/mol. The van der Waals surface area contributed by atoms with Crippen LogP contribution in [-0.2, 0) is 13.8 Å². The summed E-state index contributed by atoms with van der Waals surface area (Å²) in [4.78, 5) is 19.9. The van der Waals surface area contributed by atoms with Gasteiger partial charge in [0.15, 0.2) is 0 Å². The molecule has 0 saturated heterocycles. The first-order valence-corrected chi connectivity index (χ1v) is 4.97. The predicted molar refractivity (Wildman–Crippen MR) is 39.3 cm³/mol. The summed E-state index contributed by atoms with van der Waals surface area (Å²) in [5.41, 5.74) is -0.348. The molecule has 74 valence electrons. The largest absolute Gasteiger partial charge is 1.00 e. The van der Waals surface area contributed by atoms with E-state index in [0.717, 1.165) is 0 Å². The van der Waals surface area contributed by atoms with Gasteiger partial charge in [0.05, 0.1) is 26.6 Å². The molecule has 0 aromatic rings. The van der Waals surface area contributed by atoms with Crippen molar-refractivity contribution in [2.24, 2.45) is 0 Å². The number of hydrogen-bond donors (Lipinski definition) is 0. The topological polar surface area (TPSA) is 81.7 Å². The van der Waals surface area contributed by atoms with E-state index in [2.05, 4.69) is 4.52 Å². The van der Waals surface area contributed by atoms with Crippen LogP contribution in [0.2, 0.25) is 0 Å². The summed E-state index contributed by atoms with van der Waals surface area (Å²) in [5, 5.41) is 0. The van der Waals surface area contributed by atoms with Crippen LogP contribution < -0.4 is 68.9 Å². The molecule has 0 heterocycles.